The molecule has 3 heteroatoms. The number of rotatable bonds is 4. The number of nitrogens with one attached hydrogen (secondary N) is 1. The first-order valence-electron chi connectivity index (χ1n) is 6.43. The Hall–Kier alpha value is -1.35. The van der Waals surface area contributed by atoms with Crippen LogP contribution < -0.4 is 5.32 Å². The fourth-order valence-corrected chi connectivity index (χ4v) is 3.11. The van der Waals surface area contributed by atoms with E-state index in [0.717, 1.165) is 17.4 Å². The van der Waals surface area contributed by atoms with Gasteiger partial charge in [-0.2, -0.15) is 0 Å². The van der Waals surface area contributed by atoms with Crippen LogP contribution in [-0.2, 0) is 5.41 Å². The molecule has 1 aromatic carbocycles. The van der Waals surface area contributed by atoms with E-state index in [0.29, 0.717) is 5.41 Å². The van der Waals surface area contributed by atoms with E-state index in [1.807, 2.05) is 0 Å². The summed E-state index contributed by atoms with van der Waals surface area (Å²) in [5.74, 6) is 0. The van der Waals surface area contributed by atoms with Crippen molar-refractivity contribution in [3.8, 4) is 0 Å². The lowest BCUT2D eigenvalue weighted by molar-refractivity contribution is 0.732. The zero-order valence-corrected chi connectivity index (χ0v) is 11.7. The molecule has 18 heavy (non-hydrogen) atoms. The number of nitrogens with zero attached hydrogens (tertiary/aromatic N) is 1. The molecule has 0 saturated heterocycles. The number of hydrogen-bond donors (Lipinski definition) is 1. The van der Waals surface area contributed by atoms with Gasteiger partial charge in [-0.3, -0.25) is 0 Å². The van der Waals surface area contributed by atoms with Crippen molar-refractivity contribution in [3.05, 3.63) is 46.5 Å². The van der Waals surface area contributed by atoms with Gasteiger partial charge in [0.15, 0.2) is 5.13 Å². The number of benzene rings is 1. The summed E-state index contributed by atoms with van der Waals surface area (Å²) >= 11 is 1.76. The van der Waals surface area contributed by atoms with Crippen LogP contribution in [0, 0.1) is 13.8 Å². The Kier molecular flexibility index (Phi) is 2.86. The third-order valence-electron chi connectivity index (χ3n) is 3.85. The monoisotopic (exact) mass is 258 g/mol. The standard InChI is InChI=1S/C15H18N2S/c1-11-12(2)18-14(17-11)16-10-15(8-9-15)13-6-4-3-5-7-13/h3-7H,8-10H2,1-2H3,(H,16,17). The van der Waals surface area contributed by atoms with Crippen LogP contribution in [0.1, 0.15) is 29.0 Å². The van der Waals surface area contributed by atoms with Gasteiger partial charge in [0.1, 0.15) is 0 Å². The molecule has 0 unspecified atom stereocenters. The molecule has 1 aliphatic rings. The van der Waals surface area contributed by atoms with Crippen LogP contribution in [0.25, 0.3) is 0 Å². The predicted octanol–water partition coefficient (Wildman–Crippen LogP) is 3.90. The first-order valence-corrected chi connectivity index (χ1v) is 7.25. The van der Waals surface area contributed by atoms with E-state index in [-0.39, 0.29) is 0 Å². The summed E-state index contributed by atoms with van der Waals surface area (Å²) in [7, 11) is 0. The summed E-state index contributed by atoms with van der Waals surface area (Å²) in [6, 6.07) is 10.8. The predicted molar refractivity (Wildman–Crippen MR) is 77.4 cm³/mol. The second-order valence-corrected chi connectivity index (χ2v) is 6.36. The number of hydrogen-bond acceptors (Lipinski definition) is 3. The van der Waals surface area contributed by atoms with Gasteiger partial charge in [0.05, 0.1) is 5.69 Å². The maximum Gasteiger partial charge on any atom is 0.183 e. The fourth-order valence-electron chi connectivity index (χ4n) is 2.30. The second-order valence-electron chi connectivity index (χ2n) is 5.16. The average Bonchev–Trinajstić information content (AvgIpc) is 3.11. The van der Waals surface area contributed by atoms with Crippen molar-refractivity contribution < 1.29 is 0 Å². The number of aryl methyl sites for hydroxylation is 2. The van der Waals surface area contributed by atoms with Gasteiger partial charge in [0, 0.05) is 16.8 Å². The van der Waals surface area contributed by atoms with Gasteiger partial charge in [-0.15, -0.1) is 11.3 Å². The molecule has 3 rings (SSSR count). The van der Waals surface area contributed by atoms with Crippen LogP contribution >= 0.6 is 11.3 Å². The van der Waals surface area contributed by atoms with Gasteiger partial charge in [0.25, 0.3) is 0 Å². The zero-order chi connectivity index (χ0) is 12.6. The van der Waals surface area contributed by atoms with E-state index in [2.05, 4.69) is 54.5 Å². The Bertz CT molecular complexity index is 521. The lowest BCUT2D eigenvalue weighted by atomic mass is 9.96. The number of anilines is 1. The molecule has 0 spiro atoms. The molecule has 1 N–H and O–H groups in total. The van der Waals surface area contributed by atoms with E-state index >= 15 is 0 Å². The molecule has 2 nitrogen and oxygen atoms in total. The Morgan fingerprint density at radius 1 is 1.22 bits per heavy atom. The van der Waals surface area contributed by atoms with Gasteiger partial charge in [-0.1, -0.05) is 30.3 Å². The van der Waals surface area contributed by atoms with Crippen LogP contribution in [0.5, 0.6) is 0 Å². The zero-order valence-electron chi connectivity index (χ0n) is 10.9. The smallest absolute Gasteiger partial charge is 0.183 e. The molecule has 1 heterocycles. The molecule has 0 aliphatic heterocycles. The minimum absolute atomic E-state index is 0.356. The average molecular weight is 258 g/mol. The summed E-state index contributed by atoms with van der Waals surface area (Å²) < 4.78 is 0. The largest absolute Gasteiger partial charge is 0.361 e. The fraction of sp³-hybridized carbons (Fsp3) is 0.400. The van der Waals surface area contributed by atoms with Gasteiger partial charge < -0.3 is 5.32 Å². The third-order valence-corrected chi connectivity index (χ3v) is 4.88. The summed E-state index contributed by atoms with van der Waals surface area (Å²) in [5, 5.41) is 4.58. The molecule has 0 radical (unpaired) electrons. The number of aromatic nitrogens is 1. The minimum Gasteiger partial charge on any atom is -0.361 e. The van der Waals surface area contributed by atoms with Crippen molar-refractivity contribution in [1.82, 2.24) is 4.98 Å². The highest BCUT2D eigenvalue weighted by molar-refractivity contribution is 7.15. The molecule has 0 atom stereocenters. The third kappa shape index (κ3) is 2.15. The molecule has 1 aromatic heterocycles. The highest BCUT2D eigenvalue weighted by Crippen LogP contribution is 2.48. The van der Waals surface area contributed by atoms with E-state index in [9.17, 15) is 0 Å². The maximum absolute atomic E-state index is 4.54. The highest BCUT2D eigenvalue weighted by atomic mass is 32.1. The van der Waals surface area contributed by atoms with Crippen LogP contribution in [0.2, 0.25) is 0 Å². The Morgan fingerprint density at radius 2 is 1.94 bits per heavy atom. The van der Waals surface area contributed by atoms with Crippen molar-refractivity contribution in [2.24, 2.45) is 0 Å². The lowest BCUT2D eigenvalue weighted by Gasteiger charge is -2.15. The van der Waals surface area contributed by atoms with Crippen LogP contribution in [-0.4, -0.2) is 11.5 Å². The topological polar surface area (TPSA) is 24.9 Å². The van der Waals surface area contributed by atoms with Crippen LogP contribution in [0.15, 0.2) is 30.3 Å². The van der Waals surface area contributed by atoms with Crippen molar-refractivity contribution in [2.75, 3.05) is 11.9 Å². The van der Waals surface area contributed by atoms with Crippen molar-refractivity contribution in [2.45, 2.75) is 32.1 Å². The van der Waals surface area contributed by atoms with E-state index < -0.39 is 0 Å². The molecule has 1 fully saturated rings. The summed E-state index contributed by atoms with van der Waals surface area (Å²) in [6.45, 7) is 5.20. The van der Waals surface area contributed by atoms with Gasteiger partial charge in [-0.25, -0.2) is 4.98 Å². The van der Waals surface area contributed by atoms with Crippen LogP contribution in [0.3, 0.4) is 0 Å². The molecule has 0 amide bonds. The molecular formula is C15H18N2S. The second kappa shape index (κ2) is 4.39. The van der Waals surface area contributed by atoms with Gasteiger partial charge >= 0.3 is 0 Å². The Labute approximate surface area is 112 Å². The van der Waals surface area contributed by atoms with Gasteiger partial charge in [0.2, 0.25) is 0 Å². The number of thiazole rings is 1. The first kappa shape index (κ1) is 11.7. The highest BCUT2D eigenvalue weighted by Gasteiger charge is 2.43. The molecule has 0 bridgehead atoms. The van der Waals surface area contributed by atoms with Crippen LogP contribution in [0.4, 0.5) is 5.13 Å². The van der Waals surface area contributed by atoms with Crippen molar-refractivity contribution in [1.29, 1.82) is 0 Å². The first-order chi connectivity index (χ1) is 8.70. The maximum atomic E-state index is 4.54. The molecule has 2 aromatic rings. The molecular weight excluding hydrogens is 240 g/mol. The van der Waals surface area contributed by atoms with E-state index in [1.165, 1.54) is 23.3 Å². The molecule has 94 valence electrons. The quantitative estimate of drug-likeness (QED) is 0.899. The molecule has 1 saturated carbocycles. The van der Waals surface area contributed by atoms with Gasteiger partial charge in [-0.05, 0) is 32.3 Å². The van der Waals surface area contributed by atoms with E-state index in [4.69, 9.17) is 0 Å². The Balaban J connectivity index is 1.70. The lowest BCUT2D eigenvalue weighted by Crippen LogP contribution is -2.19. The summed E-state index contributed by atoms with van der Waals surface area (Å²) in [6.07, 6.45) is 2.57. The summed E-state index contributed by atoms with van der Waals surface area (Å²) in [5.41, 5.74) is 2.96. The van der Waals surface area contributed by atoms with E-state index in [1.54, 1.807) is 11.3 Å². The SMILES string of the molecule is Cc1nc(NCC2(c3ccccc3)CC2)sc1C. The van der Waals surface area contributed by atoms with Crippen molar-refractivity contribution >= 4 is 16.5 Å². The molecule has 1 aliphatic carbocycles. The van der Waals surface area contributed by atoms with Crippen molar-refractivity contribution in [3.63, 3.8) is 0 Å². The normalized spacial score (nSPS) is 16.6. The minimum atomic E-state index is 0.356. The Morgan fingerprint density at radius 3 is 2.50 bits per heavy atom. The summed E-state index contributed by atoms with van der Waals surface area (Å²) in [4.78, 5) is 5.85.